The van der Waals surface area contributed by atoms with Crippen molar-refractivity contribution in [2.75, 3.05) is 17.1 Å². The van der Waals surface area contributed by atoms with E-state index in [-0.39, 0.29) is 24.4 Å². The van der Waals surface area contributed by atoms with Gasteiger partial charge in [-0.2, -0.15) is 0 Å². The van der Waals surface area contributed by atoms with E-state index >= 15 is 0 Å². The molecule has 0 aliphatic heterocycles. The summed E-state index contributed by atoms with van der Waals surface area (Å²) in [7, 11) is -3.80. The Morgan fingerprint density at radius 1 is 0.884 bits per heavy atom. The minimum atomic E-state index is -3.80. The van der Waals surface area contributed by atoms with Crippen molar-refractivity contribution in [1.82, 2.24) is 10.2 Å². The third-order valence-corrected chi connectivity index (χ3v) is 9.49. The van der Waals surface area contributed by atoms with E-state index in [2.05, 4.69) is 19.2 Å². The highest BCUT2D eigenvalue weighted by Gasteiger charge is 2.34. The van der Waals surface area contributed by atoms with Gasteiger partial charge in [-0.05, 0) is 60.1 Å². The van der Waals surface area contributed by atoms with E-state index in [1.54, 1.807) is 17.0 Å². The smallest absolute Gasteiger partial charge is 0.244 e. The average molecular weight is 604 g/mol. The first-order chi connectivity index (χ1) is 20.5. The van der Waals surface area contributed by atoms with Gasteiger partial charge in [0.1, 0.15) is 12.6 Å². The van der Waals surface area contributed by atoms with Crippen LogP contribution in [0.3, 0.4) is 0 Å². The van der Waals surface area contributed by atoms with Gasteiger partial charge in [-0.3, -0.25) is 13.9 Å². The van der Waals surface area contributed by atoms with Crippen LogP contribution >= 0.6 is 0 Å². The van der Waals surface area contributed by atoms with Gasteiger partial charge in [-0.1, -0.05) is 99.8 Å². The summed E-state index contributed by atoms with van der Waals surface area (Å²) in [5.74, 6) is -0.348. The van der Waals surface area contributed by atoms with Crippen molar-refractivity contribution >= 4 is 27.5 Å². The topological polar surface area (TPSA) is 86.8 Å². The minimum Gasteiger partial charge on any atom is -0.352 e. The van der Waals surface area contributed by atoms with Gasteiger partial charge in [-0.15, -0.1) is 0 Å². The Morgan fingerprint density at radius 2 is 1.51 bits per heavy atom. The Labute approximate surface area is 257 Å². The zero-order chi connectivity index (χ0) is 31.0. The molecule has 230 valence electrons. The molecule has 1 saturated carbocycles. The van der Waals surface area contributed by atoms with Crippen LogP contribution in [0.1, 0.15) is 74.1 Å². The molecule has 43 heavy (non-hydrogen) atoms. The van der Waals surface area contributed by atoms with Crippen LogP contribution in [0.25, 0.3) is 0 Å². The molecule has 0 bridgehead atoms. The lowest BCUT2D eigenvalue weighted by Crippen LogP contribution is -2.55. The summed E-state index contributed by atoms with van der Waals surface area (Å²) in [5, 5.41) is 3.24. The minimum absolute atomic E-state index is 0.0712. The Hall–Kier alpha value is -3.65. The van der Waals surface area contributed by atoms with E-state index in [0.29, 0.717) is 12.1 Å². The van der Waals surface area contributed by atoms with E-state index in [9.17, 15) is 18.0 Å². The molecule has 1 fully saturated rings. The van der Waals surface area contributed by atoms with Crippen molar-refractivity contribution < 1.29 is 18.0 Å². The number of rotatable bonds is 12. The maximum atomic E-state index is 14.3. The molecule has 0 heterocycles. The second-order valence-corrected chi connectivity index (χ2v) is 13.9. The highest BCUT2D eigenvalue weighted by molar-refractivity contribution is 7.92. The maximum Gasteiger partial charge on any atom is 0.244 e. The highest BCUT2D eigenvalue weighted by Crippen LogP contribution is 2.24. The lowest BCUT2D eigenvalue weighted by molar-refractivity contribution is -0.140. The van der Waals surface area contributed by atoms with Gasteiger partial charge in [0, 0.05) is 19.0 Å². The van der Waals surface area contributed by atoms with Gasteiger partial charge < -0.3 is 10.2 Å². The number of benzene rings is 3. The summed E-state index contributed by atoms with van der Waals surface area (Å²) in [6, 6.07) is 24.0. The lowest BCUT2D eigenvalue weighted by atomic mass is 9.94. The number of anilines is 1. The molecule has 8 heteroatoms. The van der Waals surface area contributed by atoms with E-state index in [0.717, 1.165) is 64.9 Å². The molecule has 0 aromatic heterocycles. The molecule has 0 unspecified atom stereocenters. The molecule has 0 radical (unpaired) electrons. The first-order valence-electron chi connectivity index (χ1n) is 15.3. The van der Waals surface area contributed by atoms with Crippen molar-refractivity contribution in [3.63, 3.8) is 0 Å². The van der Waals surface area contributed by atoms with Crippen LogP contribution in [0.2, 0.25) is 0 Å². The van der Waals surface area contributed by atoms with Gasteiger partial charge in [0.25, 0.3) is 0 Å². The highest BCUT2D eigenvalue weighted by atomic mass is 32.2. The molecule has 3 aromatic carbocycles. The summed E-state index contributed by atoms with van der Waals surface area (Å²) in [6.07, 6.45) is 6.57. The number of carbonyl (C=O) groups is 2. The van der Waals surface area contributed by atoms with Crippen LogP contribution in [0.4, 0.5) is 5.69 Å². The second kappa shape index (κ2) is 14.7. The summed E-state index contributed by atoms with van der Waals surface area (Å²) in [5.41, 5.74) is 4.33. The van der Waals surface area contributed by atoms with Crippen LogP contribution < -0.4 is 9.62 Å². The third kappa shape index (κ3) is 8.92. The molecule has 7 nitrogen and oxygen atoms in total. The average Bonchev–Trinajstić information content (AvgIpc) is 2.99. The predicted molar refractivity (Wildman–Crippen MR) is 173 cm³/mol. The molecule has 1 atom stereocenters. The Kier molecular flexibility index (Phi) is 11.0. The number of hydrogen-bond donors (Lipinski definition) is 1. The number of aryl methyl sites for hydroxylation is 1. The first-order valence-corrected chi connectivity index (χ1v) is 17.1. The second-order valence-electron chi connectivity index (χ2n) is 12.0. The zero-order valence-corrected chi connectivity index (χ0v) is 26.6. The molecule has 2 amide bonds. The Morgan fingerprint density at radius 3 is 2.12 bits per heavy atom. The number of hydrogen-bond acceptors (Lipinski definition) is 4. The fraction of sp³-hybridized carbons (Fsp3) is 0.429. The monoisotopic (exact) mass is 603 g/mol. The van der Waals surface area contributed by atoms with E-state index in [1.165, 1.54) is 0 Å². The molecule has 0 saturated heterocycles. The fourth-order valence-corrected chi connectivity index (χ4v) is 6.56. The van der Waals surface area contributed by atoms with Crippen LogP contribution in [0.15, 0.2) is 78.9 Å². The predicted octanol–water partition coefficient (Wildman–Crippen LogP) is 5.97. The summed E-state index contributed by atoms with van der Waals surface area (Å²) < 4.78 is 27.3. The van der Waals surface area contributed by atoms with Crippen molar-refractivity contribution in [2.45, 2.75) is 83.8 Å². The van der Waals surface area contributed by atoms with Crippen LogP contribution in [-0.2, 0) is 32.6 Å². The summed E-state index contributed by atoms with van der Waals surface area (Å²) in [6.45, 7) is 5.90. The number of amides is 2. The number of sulfonamides is 1. The SMILES string of the molecule is Cc1ccccc1CN(C(=O)CN(c1ccc(C(C)C)cc1)S(C)(=O)=O)[C@H](Cc1ccccc1)C(=O)NC1CCCCC1. The largest absolute Gasteiger partial charge is 0.352 e. The molecule has 1 aliphatic rings. The van der Waals surface area contributed by atoms with Crippen LogP contribution in [0.5, 0.6) is 0 Å². The standard InChI is InChI=1S/C35H45N3O4S/c1-26(2)29-19-21-32(22-20-29)38(43(4,41)42)25-34(39)37(24-30-16-12-11-13-27(30)3)33(23-28-14-7-5-8-15-28)35(40)36-31-17-9-6-10-18-31/h5,7-8,11-16,19-22,26,31,33H,6,9-10,17-18,23-25H2,1-4H3,(H,36,40)/t33-/m1/s1. The van der Waals surface area contributed by atoms with Crippen molar-refractivity contribution in [3.05, 3.63) is 101 Å². The molecule has 3 aromatic rings. The first kappa shape index (κ1) is 32.3. The van der Waals surface area contributed by atoms with Gasteiger partial charge >= 0.3 is 0 Å². The van der Waals surface area contributed by atoms with Crippen molar-refractivity contribution in [2.24, 2.45) is 0 Å². The molecule has 1 aliphatic carbocycles. The van der Waals surface area contributed by atoms with Gasteiger partial charge in [-0.25, -0.2) is 8.42 Å². The molecule has 1 N–H and O–H groups in total. The van der Waals surface area contributed by atoms with Crippen LogP contribution in [0, 0.1) is 6.92 Å². The maximum absolute atomic E-state index is 14.3. The van der Waals surface area contributed by atoms with Crippen molar-refractivity contribution in [3.8, 4) is 0 Å². The van der Waals surface area contributed by atoms with E-state index < -0.39 is 28.5 Å². The van der Waals surface area contributed by atoms with Crippen LogP contribution in [-0.4, -0.2) is 50.0 Å². The quantitative estimate of drug-likeness (QED) is 0.276. The lowest BCUT2D eigenvalue weighted by Gasteiger charge is -2.35. The summed E-state index contributed by atoms with van der Waals surface area (Å²) >= 11 is 0. The van der Waals surface area contributed by atoms with Gasteiger partial charge in [0.15, 0.2) is 0 Å². The normalized spacial score (nSPS) is 14.7. The van der Waals surface area contributed by atoms with E-state index in [4.69, 9.17) is 0 Å². The van der Waals surface area contributed by atoms with Gasteiger partial charge in [0.2, 0.25) is 21.8 Å². The Bertz CT molecular complexity index is 1470. The molecular weight excluding hydrogens is 558 g/mol. The molecular formula is C35H45N3O4S. The number of carbonyl (C=O) groups excluding carboxylic acids is 2. The Balaban J connectivity index is 1.72. The third-order valence-electron chi connectivity index (χ3n) is 8.35. The number of nitrogens with one attached hydrogen (secondary N) is 1. The van der Waals surface area contributed by atoms with Gasteiger partial charge in [0.05, 0.1) is 11.9 Å². The molecule has 4 rings (SSSR count). The number of nitrogens with zero attached hydrogens (tertiary/aromatic N) is 2. The molecule has 0 spiro atoms. The summed E-state index contributed by atoms with van der Waals surface area (Å²) in [4.78, 5) is 30.0. The zero-order valence-electron chi connectivity index (χ0n) is 25.8. The van der Waals surface area contributed by atoms with Crippen molar-refractivity contribution in [1.29, 1.82) is 0 Å². The fourth-order valence-electron chi connectivity index (χ4n) is 5.71. The van der Waals surface area contributed by atoms with E-state index in [1.807, 2.05) is 73.7 Å².